The second kappa shape index (κ2) is 11.5. The summed E-state index contributed by atoms with van der Waals surface area (Å²) in [6.07, 6.45) is -4.14. The summed E-state index contributed by atoms with van der Waals surface area (Å²) in [5.74, 6) is -0.377. The van der Waals surface area contributed by atoms with Crippen molar-refractivity contribution >= 4 is 23.2 Å². The Morgan fingerprint density at radius 1 is 0.882 bits per heavy atom. The van der Waals surface area contributed by atoms with Crippen LogP contribution in [0.4, 0.5) is 24.5 Å². The van der Waals surface area contributed by atoms with Gasteiger partial charge in [0, 0.05) is 23.5 Å². The third kappa shape index (κ3) is 7.45. The van der Waals surface area contributed by atoms with Crippen LogP contribution >= 0.6 is 0 Å². The maximum absolute atomic E-state index is 12.7. The van der Waals surface area contributed by atoms with Crippen molar-refractivity contribution in [2.24, 2.45) is 0 Å². The summed E-state index contributed by atoms with van der Waals surface area (Å²) in [4.78, 5) is 26.9. The van der Waals surface area contributed by atoms with Crippen molar-refractivity contribution < 1.29 is 27.5 Å². The van der Waals surface area contributed by atoms with Gasteiger partial charge in [0.05, 0.1) is 13.0 Å². The normalized spacial score (nSPS) is 11.2. The Balaban J connectivity index is 1.54. The van der Waals surface area contributed by atoms with Gasteiger partial charge in [0.15, 0.2) is 0 Å². The van der Waals surface area contributed by atoms with Crippen molar-refractivity contribution in [2.45, 2.75) is 26.1 Å². The summed E-state index contributed by atoms with van der Waals surface area (Å²) < 4.78 is 41.1. The topological polar surface area (TPSA) is 58.6 Å². The summed E-state index contributed by atoms with van der Waals surface area (Å²) in [7, 11) is 0. The first-order valence-corrected chi connectivity index (χ1v) is 10.7. The third-order valence-electron chi connectivity index (χ3n) is 5.00. The second-order valence-corrected chi connectivity index (χ2v) is 7.61. The van der Waals surface area contributed by atoms with E-state index in [1.54, 1.807) is 41.3 Å². The van der Waals surface area contributed by atoms with Crippen LogP contribution in [0.25, 0.3) is 0 Å². The zero-order valence-electron chi connectivity index (χ0n) is 18.6. The lowest BCUT2D eigenvalue weighted by Crippen LogP contribution is -2.31. The molecule has 3 aromatic rings. The number of hydrogen-bond acceptors (Lipinski definition) is 3. The molecule has 3 rings (SSSR count). The average Bonchev–Trinajstić information content (AvgIpc) is 2.81. The molecule has 0 saturated carbocycles. The highest BCUT2D eigenvalue weighted by molar-refractivity contribution is 6.04. The van der Waals surface area contributed by atoms with Crippen LogP contribution in [0, 0.1) is 0 Å². The van der Waals surface area contributed by atoms with Gasteiger partial charge in [-0.25, -0.2) is 0 Å². The number of rotatable bonds is 9. The first-order chi connectivity index (χ1) is 16.2. The average molecular weight is 470 g/mol. The number of para-hydroxylation sites is 1. The van der Waals surface area contributed by atoms with Crippen molar-refractivity contribution in [1.29, 1.82) is 0 Å². The Kier molecular flexibility index (Phi) is 8.43. The predicted octanol–water partition coefficient (Wildman–Crippen LogP) is 5.61. The lowest BCUT2D eigenvalue weighted by Gasteiger charge is -2.21. The fraction of sp³-hybridized carbons (Fsp3) is 0.231. The van der Waals surface area contributed by atoms with E-state index in [4.69, 9.17) is 0 Å². The van der Waals surface area contributed by atoms with Crippen molar-refractivity contribution in [3.05, 3.63) is 95.6 Å². The zero-order chi connectivity index (χ0) is 24.6. The van der Waals surface area contributed by atoms with Crippen LogP contribution < -0.4 is 10.2 Å². The molecule has 178 valence electrons. The number of hydrogen-bond donors (Lipinski definition) is 1. The molecule has 2 amide bonds. The molecule has 0 bridgehead atoms. The molecular weight excluding hydrogens is 445 g/mol. The standard InChI is InChI=1S/C26H25F3N2O3/c1-2-31(23-6-4-3-5-7-23)24(32)16-19-10-14-22(15-11-19)30-25(33)21-12-8-20(9-13-21)17-34-18-26(27,28)29/h3-15H,2,16-18H2,1H3,(H,30,33). The quantitative estimate of drug-likeness (QED) is 0.442. The van der Waals surface area contributed by atoms with E-state index in [0.717, 1.165) is 11.3 Å². The minimum absolute atomic E-state index is 0.0233. The van der Waals surface area contributed by atoms with Crippen molar-refractivity contribution in [2.75, 3.05) is 23.4 Å². The number of anilines is 2. The fourth-order valence-electron chi connectivity index (χ4n) is 3.33. The molecule has 5 nitrogen and oxygen atoms in total. The number of halogens is 3. The summed E-state index contributed by atoms with van der Waals surface area (Å²) in [6.45, 7) is 0.969. The van der Waals surface area contributed by atoms with Crippen LogP contribution in [0.5, 0.6) is 0 Å². The first-order valence-electron chi connectivity index (χ1n) is 10.7. The van der Waals surface area contributed by atoms with E-state index in [9.17, 15) is 22.8 Å². The van der Waals surface area contributed by atoms with Gasteiger partial charge in [-0.3, -0.25) is 9.59 Å². The number of amides is 2. The number of nitrogens with one attached hydrogen (secondary N) is 1. The van der Waals surface area contributed by atoms with Crippen molar-refractivity contribution in [3.63, 3.8) is 0 Å². The van der Waals surface area contributed by atoms with E-state index < -0.39 is 12.8 Å². The number of alkyl halides is 3. The molecule has 0 atom stereocenters. The molecule has 1 N–H and O–H groups in total. The van der Waals surface area contributed by atoms with Crippen LogP contribution in [-0.4, -0.2) is 31.1 Å². The maximum Gasteiger partial charge on any atom is 0.411 e. The lowest BCUT2D eigenvalue weighted by atomic mass is 10.1. The van der Waals surface area contributed by atoms with Gasteiger partial charge in [-0.2, -0.15) is 13.2 Å². The number of carbonyl (C=O) groups excluding carboxylic acids is 2. The summed E-state index contributed by atoms with van der Waals surface area (Å²) in [6, 6.07) is 22.6. The van der Waals surface area contributed by atoms with Crippen LogP contribution in [0.2, 0.25) is 0 Å². The molecule has 3 aromatic carbocycles. The van der Waals surface area contributed by atoms with Crippen molar-refractivity contribution in [1.82, 2.24) is 0 Å². The van der Waals surface area contributed by atoms with Gasteiger partial charge < -0.3 is 15.0 Å². The number of carbonyl (C=O) groups is 2. The van der Waals surface area contributed by atoms with Gasteiger partial charge >= 0.3 is 6.18 Å². The Morgan fingerprint density at radius 2 is 1.50 bits per heavy atom. The fourth-order valence-corrected chi connectivity index (χ4v) is 3.33. The van der Waals surface area contributed by atoms with Crippen LogP contribution in [0.3, 0.4) is 0 Å². The molecule has 8 heteroatoms. The Hall–Kier alpha value is -3.65. The largest absolute Gasteiger partial charge is 0.411 e. The Labute approximate surface area is 196 Å². The van der Waals surface area contributed by atoms with E-state index >= 15 is 0 Å². The minimum atomic E-state index is -4.38. The van der Waals surface area contributed by atoms with E-state index in [1.807, 2.05) is 37.3 Å². The molecule has 0 aromatic heterocycles. The van der Waals surface area contributed by atoms with Gasteiger partial charge in [0.1, 0.15) is 6.61 Å². The zero-order valence-corrected chi connectivity index (χ0v) is 18.6. The molecule has 0 fully saturated rings. The smallest absolute Gasteiger partial charge is 0.367 e. The maximum atomic E-state index is 12.7. The van der Waals surface area contributed by atoms with Gasteiger partial charge in [-0.15, -0.1) is 0 Å². The van der Waals surface area contributed by atoms with Gasteiger partial charge in [-0.05, 0) is 54.4 Å². The van der Waals surface area contributed by atoms with E-state index in [1.165, 1.54) is 12.1 Å². The van der Waals surface area contributed by atoms with Crippen LogP contribution in [0.1, 0.15) is 28.4 Å². The highest BCUT2D eigenvalue weighted by atomic mass is 19.4. The molecule has 0 aliphatic carbocycles. The second-order valence-electron chi connectivity index (χ2n) is 7.61. The van der Waals surface area contributed by atoms with Crippen LogP contribution in [-0.2, 0) is 22.6 Å². The first kappa shape index (κ1) is 25.0. The minimum Gasteiger partial charge on any atom is -0.367 e. The van der Waals surface area contributed by atoms with Crippen molar-refractivity contribution in [3.8, 4) is 0 Å². The molecule has 0 heterocycles. The van der Waals surface area contributed by atoms with E-state index in [2.05, 4.69) is 10.1 Å². The highest BCUT2D eigenvalue weighted by Crippen LogP contribution is 2.18. The van der Waals surface area contributed by atoms with Gasteiger partial charge in [0.25, 0.3) is 5.91 Å². The summed E-state index contributed by atoms with van der Waals surface area (Å²) in [5.41, 5.74) is 3.12. The molecule has 0 aliphatic heterocycles. The molecule has 0 saturated heterocycles. The van der Waals surface area contributed by atoms with Gasteiger partial charge in [-0.1, -0.05) is 42.5 Å². The number of likely N-dealkylation sites (N-methyl/N-ethyl adjacent to an activating group) is 1. The molecular formula is C26H25F3N2O3. The van der Waals surface area contributed by atoms with Gasteiger partial charge in [0.2, 0.25) is 5.91 Å². The predicted molar refractivity (Wildman–Crippen MR) is 125 cm³/mol. The number of ether oxygens (including phenoxy) is 1. The summed E-state index contributed by atoms with van der Waals surface area (Å²) >= 11 is 0. The molecule has 0 unspecified atom stereocenters. The molecule has 0 aliphatic rings. The third-order valence-corrected chi connectivity index (χ3v) is 5.00. The van der Waals surface area contributed by atoms with Crippen LogP contribution in [0.15, 0.2) is 78.9 Å². The summed E-state index contributed by atoms with van der Waals surface area (Å²) in [5, 5.41) is 2.77. The highest BCUT2D eigenvalue weighted by Gasteiger charge is 2.27. The molecule has 0 spiro atoms. The number of benzene rings is 3. The Morgan fingerprint density at radius 3 is 2.09 bits per heavy atom. The van der Waals surface area contributed by atoms with E-state index in [-0.39, 0.29) is 24.8 Å². The monoisotopic (exact) mass is 470 g/mol. The SMILES string of the molecule is CCN(C(=O)Cc1ccc(NC(=O)c2ccc(COCC(F)(F)F)cc2)cc1)c1ccccc1. The van der Waals surface area contributed by atoms with E-state index in [0.29, 0.717) is 23.4 Å². The Bertz CT molecular complexity index is 1080. The molecule has 0 radical (unpaired) electrons. The lowest BCUT2D eigenvalue weighted by molar-refractivity contribution is -0.176. The molecule has 34 heavy (non-hydrogen) atoms. The number of nitrogens with zero attached hydrogens (tertiary/aromatic N) is 1.